The van der Waals surface area contributed by atoms with Crippen LogP contribution in [-0.2, 0) is 4.79 Å². The van der Waals surface area contributed by atoms with E-state index in [-0.39, 0.29) is 12.3 Å². The van der Waals surface area contributed by atoms with Crippen LogP contribution in [0.2, 0.25) is 0 Å². The lowest BCUT2D eigenvalue weighted by atomic mass is 9.63. The summed E-state index contributed by atoms with van der Waals surface area (Å²) < 4.78 is 6.04. The molecule has 0 radical (unpaired) electrons. The standard InChI is InChI=1S/C24H32O3/c1-2-6-21(17-23(25)26)20-7-9-22(10-8-20)27-18-19-11-15-24(16-12-19)13-4-3-5-14-24/h7-10,19,21H,3-5,11-18H2,1H3,(H,25,26)/t21-/m0/s1. The van der Waals surface area contributed by atoms with Gasteiger partial charge in [-0.15, -0.1) is 5.92 Å². The third-order valence-electron chi connectivity index (χ3n) is 6.55. The number of rotatable bonds is 6. The first-order valence-electron chi connectivity index (χ1n) is 10.5. The molecule has 0 bridgehead atoms. The van der Waals surface area contributed by atoms with E-state index >= 15 is 0 Å². The zero-order chi connectivity index (χ0) is 19.1. The van der Waals surface area contributed by atoms with E-state index in [9.17, 15) is 4.79 Å². The molecule has 3 rings (SSSR count). The highest BCUT2D eigenvalue weighted by molar-refractivity contribution is 5.69. The van der Waals surface area contributed by atoms with Gasteiger partial charge in [0.1, 0.15) is 5.75 Å². The van der Waals surface area contributed by atoms with Crippen LogP contribution < -0.4 is 4.74 Å². The predicted molar refractivity (Wildman–Crippen MR) is 108 cm³/mol. The molecule has 1 aromatic rings. The first-order chi connectivity index (χ1) is 13.1. The summed E-state index contributed by atoms with van der Waals surface area (Å²) in [6.45, 7) is 2.54. The van der Waals surface area contributed by atoms with Gasteiger partial charge >= 0.3 is 5.97 Å². The van der Waals surface area contributed by atoms with Gasteiger partial charge in [0.15, 0.2) is 0 Å². The molecule has 1 atom stereocenters. The minimum absolute atomic E-state index is 0.0326. The Labute approximate surface area is 163 Å². The number of hydrogen-bond acceptors (Lipinski definition) is 2. The van der Waals surface area contributed by atoms with Crippen molar-refractivity contribution < 1.29 is 14.6 Å². The van der Waals surface area contributed by atoms with Crippen LogP contribution in [0.25, 0.3) is 0 Å². The zero-order valence-electron chi connectivity index (χ0n) is 16.5. The second-order valence-electron chi connectivity index (χ2n) is 8.43. The van der Waals surface area contributed by atoms with Crippen molar-refractivity contribution in [2.24, 2.45) is 11.3 Å². The molecule has 3 nitrogen and oxygen atoms in total. The second-order valence-corrected chi connectivity index (χ2v) is 8.43. The molecule has 0 aliphatic heterocycles. The highest BCUT2D eigenvalue weighted by Gasteiger charge is 2.36. The molecule has 2 aliphatic rings. The molecule has 27 heavy (non-hydrogen) atoms. The second kappa shape index (κ2) is 9.31. The van der Waals surface area contributed by atoms with Crippen molar-refractivity contribution in [3.8, 4) is 17.6 Å². The van der Waals surface area contributed by atoms with Gasteiger partial charge in [0.05, 0.1) is 18.9 Å². The van der Waals surface area contributed by atoms with Gasteiger partial charge in [-0.2, -0.15) is 0 Å². The lowest BCUT2D eigenvalue weighted by Gasteiger charge is -2.43. The largest absolute Gasteiger partial charge is 0.493 e. The summed E-state index contributed by atoms with van der Waals surface area (Å²) >= 11 is 0. The number of carboxylic acid groups (broad SMARTS) is 1. The smallest absolute Gasteiger partial charge is 0.304 e. The fraction of sp³-hybridized carbons (Fsp3) is 0.625. The number of carbonyl (C=O) groups is 1. The highest BCUT2D eigenvalue weighted by Crippen LogP contribution is 2.48. The maximum Gasteiger partial charge on any atom is 0.304 e. The van der Waals surface area contributed by atoms with Crippen molar-refractivity contribution in [1.29, 1.82) is 0 Å². The number of benzene rings is 1. The van der Waals surface area contributed by atoms with E-state index in [4.69, 9.17) is 9.84 Å². The van der Waals surface area contributed by atoms with Gasteiger partial charge in [0.2, 0.25) is 0 Å². The Morgan fingerprint density at radius 2 is 1.81 bits per heavy atom. The quantitative estimate of drug-likeness (QED) is 0.647. The Balaban J connectivity index is 1.48. The van der Waals surface area contributed by atoms with Crippen LogP contribution in [0, 0.1) is 23.2 Å². The normalized spacial score (nSPS) is 20.5. The van der Waals surface area contributed by atoms with Crippen molar-refractivity contribution in [3.05, 3.63) is 29.8 Å². The molecule has 2 aliphatic carbocycles. The third-order valence-corrected chi connectivity index (χ3v) is 6.55. The van der Waals surface area contributed by atoms with Crippen LogP contribution in [0.1, 0.15) is 82.6 Å². The fourth-order valence-corrected chi connectivity index (χ4v) is 4.87. The number of ether oxygens (including phenoxy) is 1. The Kier molecular flexibility index (Phi) is 6.83. The molecule has 146 valence electrons. The van der Waals surface area contributed by atoms with E-state index in [2.05, 4.69) is 11.8 Å². The maximum absolute atomic E-state index is 11.0. The van der Waals surface area contributed by atoms with Crippen molar-refractivity contribution in [2.45, 2.75) is 77.0 Å². The summed E-state index contributed by atoms with van der Waals surface area (Å²) in [6, 6.07) is 7.80. The van der Waals surface area contributed by atoms with Gasteiger partial charge in [0.25, 0.3) is 0 Å². The molecule has 2 fully saturated rings. The molecule has 0 heterocycles. The Morgan fingerprint density at radius 1 is 1.15 bits per heavy atom. The molecule has 0 amide bonds. The van der Waals surface area contributed by atoms with E-state index in [0.29, 0.717) is 11.3 Å². The molecule has 3 heteroatoms. The van der Waals surface area contributed by atoms with Gasteiger partial charge < -0.3 is 9.84 Å². The summed E-state index contributed by atoms with van der Waals surface area (Å²) in [4.78, 5) is 11.0. The molecular weight excluding hydrogens is 336 g/mol. The average Bonchev–Trinajstić information content (AvgIpc) is 2.68. The van der Waals surface area contributed by atoms with Crippen LogP contribution in [-0.4, -0.2) is 17.7 Å². The minimum atomic E-state index is -0.823. The van der Waals surface area contributed by atoms with Crippen LogP contribution in [0.15, 0.2) is 24.3 Å². The molecule has 2 saturated carbocycles. The molecular formula is C24H32O3. The Hall–Kier alpha value is -1.95. The molecule has 1 N–H and O–H groups in total. The van der Waals surface area contributed by atoms with Crippen LogP contribution >= 0.6 is 0 Å². The van der Waals surface area contributed by atoms with E-state index in [0.717, 1.165) is 17.9 Å². The van der Waals surface area contributed by atoms with Gasteiger partial charge in [-0.25, -0.2) is 0 Å². The van der Waals surface area contributed by atoms with Gasteiger partial charge in [0, 0.05) is 0 Å². The fourth-order valence-electron chi connectivity index (χ4n) is 4.87. The lowest BCUT2D eigenvalue weighted by Crippen LogP contribution is -2.31. The lowest BCUT2D eigenvalue weighted by molar-refractivity contribution is -0.137. The summed E-state index contributed by atoms with van der Waals surface area (Å²) in [7, 11) is 0. The van der Waals surface area contributed by atoms with Crippen molar-refractivity contribution in [3.63, 3.8) is 0 Å². The van der Waals surface area contributed by atoms with Crippen molar-refractivity contribution in [2.75, 3.05) is 6.61 Å². The first kappa shape index (κ1) is 19.8. The topological polar surface area (TPSA) is 46.5 Å². The summed E-state index contributed by atoms with van der Waals surface area (Å²) in [5.74, 6) is 6.28. The summed E-state index contributed by atoms with van der Waals surface area (Å²) in [5.41, 5.74) is 1.60. The monoisotopic (exact) mass is 368 g/mol. The van der Waals surface area contributed by atoms with E-state index < -0.39 is 5.97 Å². The summed E-state index contributed by atoms with van der Waals surface area (Å²) in [6.07, 6.45) is 12.6. The number of aliphatic carboxylic acids is 1. The van der Waals surface area contributed by atoms with Crippen LogP contribution in [0.3, 0.4) is 0 Å². The molecule has 1 aromatic carbocycles. The molecule has 0 saturated heterocycles. The predicted octanol–water partition coefficient (Wildman–Crippen LogP) is 5.79. The van der Waals surface area contributed by atoms with Crippen LogP contribution in [0.5, 0.6) is 5.75 Å². The Morgan fingerprint density at radius 3 is 2.41 bits per heavy atom. The number of hydrogen-bond donors (Lipinski definition) is 1. The van der Waals surface area contributed by atoms with Gasteiger partial charge in [-0.1, -0.05) is 37.3 Å². The molecule has 1 spiro atoms. The SMILES string of the molecule is CC#C[C@@H](CC(=O)O)c1ccc(OCC2CCC3(CCCCC3)CC2)cc1. The molecule has 0 aromatic heterocycles. The van der Waals surface area contributed by atoms with Gasteiger partial charge in [-0.3, -0.25) is 4.79 Å². The first-order valence-corrected chi connectivity index (χ1v) is 10.5. The maximum atomic E-state index is 11.0. The van der Waals surface area contributed by atoms with E-state index in [1.54, 1.807) is 6.92 Å². The van der Waals surface area contributed by atoms with Gasteiger partial charge in [-0.05, 0) is 74.5 Å². The zero-order valence-corrected chi connectivity index (χ0v) is 16.5. The third kappa shape index (κ3) is 5.51. The van der Waals surface area contributed by atoms with E-state index in [1.165, 1.54) is 57.8 Å². The highest BCUT2D eigenvalue weighted by atomic mass is 16.5. The molecule has 0 unspecified atom stereocenters. The number of carboxylic acids is 1. The van der Waals surface area contributed by atoms with Crippen LogP contribution in [0.4, 0.5) is 0 Å². The van der Waals surface area contributed by atoms with Crippen molar-refractivity contribution in [1.82, 2.24) is 0 Å². The van der Waals surface area contributed by atoms with Crippen molar-refractivity contribution >= 4 is 5.97 Å². The average molecular weight is 369 g/mol. The minimum Gasteiger partial charge on any atom is -0.493 e. The Bertz CT molecular complexity index is 664. The van der Waals surface area contributed by atoms with E-state index in [1.807, 2.05) is 24.3 Å². The summed E-state index contributed by atoms with van der Waals surface area (Å²) in [5, 5.41) is 9.05.